The van der Waals surface area contributed by atoms with Crippen molar-refractivity contribution in [1.29, 1.82) is 0 Å². The first-order chi connectivity index (χ1) is 11.1. The molecule has 1 aliphatic heterocycles. The number of carbonyl (C=O) groups excluding carboxylic acids is 1. The number of piperidine rings is 1. The van der Waals surface area contributed by atoms with Crippen molar-refractivity contribution in [2.45, 2.75) is 32.8 Å². The summed E-state index contributed by atoms with van der Waals surface area (Å²) in [5, 5.41) is 8.04. The summed E-state index contributed by atoms with van der Waals surface area (Å²) in [7, 11) is 0. The molecule has 1 aliphatic rings. The first-order valence-electron chi connectivity index (χ1n) is 7.95. The van der Waals surface area contributed by atoms with Crippen molar-refractivity contribution in [3.8, 4) is 5.88 Å². The summed E-state index contributed by atoms with van der Waals surface area (Å²) in [6.45, 7) is 5.21. The monoisotopic (exact) mass is 311 g/mol. The second-order valence-electron chi connectivity index (χ2n) is 5.96. The van der Waals surface area contributed by atoms with Crippen LogP contribution in [-0.4, -0.2) is 40.2 Å². The third kappa shape index (κ3) is 3.67. The molecule has 5 heteroatoms. The van der Waals surface area contributed by atoms with Crippen molar-refractivity contribution in [3.05, 3.63) is 53.2 Å². The molecular weight excluding hydrogens is 290 g/mol. The fraction of sp³-hybridized carbons (Fsp3) is 0.389. The van der Waals surface area contributed by atoms with E-state index in [2.05, 4.69) is 10.2 Å². The number of amides is 1. The number of hydrogen-bond donors (Lipinski definition) is 0. The van der Waals surface area contributed by atoms with E-state index < -0.39 is 0 Å². The SMILES string of the molecule is Cc1ccc(OC2CCCN(C(=O)c3ccccc3C)C2)nn1. The number of rotatable bonds is 3. The third-order valence-electron chi connectivity index (χ3n) is 4.10. The van der Waals surface area contributed by atoms with E-state index in [-0.39, 0.29) is 12.0 Å². The van der Waals surface area contributed by atoms with E-state index in [1.807, 2.05) is 55.1 Å². The van der Waals surface area contributed by atoms with E-state index in [1.165, 1.54) is 0 Å². The summed E-state index contributed by atoms with van der Waals surface area (Å²) in [4.78, 5) is 14.6. The summed E-state index contributed by atoms with van der Waals surface area (Å²) in [5.74, 6) is 0.595. The van der Waals surface area contributed by atoms with Crippen molar-refractivity contribution in [1.82, 2.24) is 15.1 Å². The number of nitrogens with zero attached hydrogens (tertiary/aromatic N) is 3. The second kappa shape index (κ2) is 6.77. The molecule has 1 unspecified atom stereocenters. The molecule has 120 valence electrons. The maximum atomic E-state index is 12.7. The summed E-state index contributed by atoms with van der Waals surface area (Å²) in [6, 6.07) is 11.4. The quantitative estimate of drug-likeness (QED) is 0.874. The molecule has 5 nitrogen and oxygen atoms in total. The third-order valence-corrected chi connectivity index (χ3v) is 4.10. The highest BCUT2D eigenvalue weighted by molar-refractivity contribution is 5.95. The fourth-order valence-corrected chi connectivity index (χ4v) is 2.82. The number of carbonyl (C=O) groups is 1. The van der Waals surface area contributed by atoms with Crippen LogP contribution in [0.2, 0.25) is 0 Å². The van der Waals surface area contributed by atoms with Crippen LogP contribution in [0.3, 0.4) is 0 Å². The Morgan fingerprint density at radius 3 is 2.74 bits per heavy atom. The van der Waals surface area contributed by atoms with Crippen molar-refractivity contribution in [2.75, 3.05) is 13.1 Å². The van der Waals surface area contributed by atoms with Crippen LogP contribution >= 0.6 is 0 Å². The van der Waals surface area contributed by atoms with Crippen LogP contribution in [0.1, 0.15) is 34.5 Å². The van der Waals surface area contributed by atoms with Gasteiger partial charge in [0.1, 0.15) is 6.10 Å². The largest absolute Gasteiger partial charge is 0.471 e. The van der Waals surface area contributed by atoms with E-state index >= 15 is 0 Å². The van der Waals surface area contributed by atoms with Gasteiger partial charge in [0, 0.05) is 18.2 Å². The van der Waals surface area contributed by atoms with E-state index in [4.69, 9.17) is 4.74 Å². The molecule has 0 N–H and O–H groups in total. The molecule has 1 aromatic carbocycles. The molecule has 1 aromatic heterocycles. The van der Waals surface area contributed by atoms with Crippen LogP contribution in [0.15, 0.2) is 36.4 Å². The van der Waals surface area contributed by atoms with Crippen LogP contribution in [-0.2, 0) is 0 Å². The minimum Gasteiger partial charge on any atom is -0.471 e. The Labute approximate surface area is 136 Å². The Kier molecular flexibility index (Phi) is 4.55. The average molecular weight is 311 g/mol. The Balaban J connectivity index is 1.67. The molecule has 3 rings (SSSR count). The number of benzene rings is 1. The van der Waals surface area contributed by atoms with E-state index in [1.54, 1.807) is 0 Å². The topological polar surface area (TPSA) is 55.3 Å². The van der Waals surface area contributed by atoms with Gasteiger partial charge in [-0.25, -0.2) is 0 Å². The van der Waals surface area contributed by atoms with Gasteiger partial charge in [0.2, 0.25) is 5.88 Å². The lowest BCUT2D eigenvalue weighted by Crippen LogP contribution is -2.44. The summed E-state index contributed by atoms with van der Waals surface area (Å²) in [6.07, 6.45) is 1.82. The molecule has 1 fully saturated rings. The number of aromatic nitrogens is 2. The van der Waals surface area contributed by atoms with Crippen LogP contribution in [0.4, 0.5) is 0 Å². The Hall–Kier alpha value is -2.43. The van der Waals surface area contributed by atoms with Crippen LogP contribution in [0, 0.1) is 13.8 Å². The molecule has 23 heavy (non-hydrogen) atoms. The van der Waals surface area contributed by atoms with Gasteiger partial charge in [0.15, 0.2) is 0 Å². The first-order valence-corrected chi connectivity index (χ1v) is 7.95. The van der Waals surface area contributed by atoms with Gasteiger partial charge in [-0.05, 0) is 44.4 Å². The number of likely N-dealkylation sites (tertiary alicyclic amines) is 1. The zero-order chi connectivity index (χ0) is 16.2. The normalized spacial score (nSPS) is 17.8. The first kappa shape index (κ1) is 15.5. The lowest BCUT2D eigenvalue weighted by molar-refractivity contribution is 0.0525. The zero-order valence-corrected chi connectivity index (χ0v) is 13.5. The lowest BCUT2D eigenvalue weighted by atomic mass is 10.0. The van der Waals surface area contributed by atoms with Crippen LogP contribution in [0.25, 0.3) is 0 Å². The Bertz CT molecular complexity index is 685. The molecule has 2 heterocycles. The molecular formula is C18H21N3O2. The molecule has 1 saturated heterocycles. The molecule has 0 aliphatic carbocycles. The summed E-state index contributed by atoms with van der Waals surface area (Å²) >= 11 is 0. The molecule has 1 amide bonds. The van der Waals surface area contributed by atoms with Gasteiger partial charge in [-0.1, -0.05) is 18.2 Å². The molecule has 0 radical (unpaired) electrons. The minimum absolute atomic E-state index is 0.0336. The average Bonchev–Trinajstić information content (AvgIpc) is 2.57. The number of aryl methyl sites for hydroxylation is 2. The molecule has 0 saturated carbocycles. The molecule has 0 spiro atoms. The highest BCUT2D eigenvalue weighted by atomic mass is 16.5. The van der Waals surface area contributed by atoms with Gasteiger partial charge in [-0.2, -0.15) is 5.10 Å². The second-order valence-corrected chi connectivity index (χ2v) is 5.96. The van der Waals surface area contributed by atoms with Crippen LogP contribution in [0.5, 0.6) is 5.88 Å². The van der Waals surface area contributed by atoms with Gasteiger partial charge in [-0.15, -0.1) is 5.10 Å². The van der Waals surface area contributed by atoms with Crippen molar-refractivity contribution in [2.24, 2.45) is 0 Å². The van der Waals surface area contributed by atoms with E-state index in [9.17, 15) is 4.79 Å². The maximum Gasteiger partial charge on any atom is 0.254 e. The van der Waals surface area contributed by atoms with Crippen LogP contribution < -0.4 is 4.74 Å². The van der Waals surface area contributed by atoms with Gasteiger partial charge < -0.3 is 9.64 Å². The molecule has 0 bridgehead atoms. The highest BCUT2D eigenvalue weighted by Gasteiger charge is 2.26. The highest BCUT2D eigenvalue weighted by Crippen LogP contribution is 2.19. The Morgan fingerprint density at radius 1 is 1.17 bits per heavy atom. The predicted molar refractivity (Wildman–Crippen MR) is 87.5 cm³/mol. The standard InChI is InChI=1S/C18H21N3O2/c1-13-6-3-4-8-16(13)18(22)21-11-5-7-15(12-21)23-17-10-9-14(2)19-20-17/h3-4,6,8-10,15H,5,7,11-12H2,1-2H3. The maximum absolute atomic E-state index is 12.7. The molecule has 1 atom stereocenters. The van der Waals surface area contributed by atoms with Crippen molar-refractivity contribution < 1.29 is 9.53 Å². The van der Waals surface area contributed by atoms with E-state index in [0.717, 1.165) is 36.2 Å². The Morgan fingerprint density at radius 2 is 2.00 bits per heavy atom. The van der Waals surface area contributed by atoms with Gasteiger partial charge in [0.05, 0.1) is 12.2 Å². The number of hydrogen-bond acceptors (Lipinski definition) is 4. The minimum atomic E-state index is -0.0336. The van der Waals surface area contributed by atoms with Gasteiger partial charge in [0.25, 0.3) is 5.91 Å². The fourth-order valence-electron chi connectivity index (χ4n) is 2.82. The lowest BCUT2D eigenvalue weighted by Gasteiger charge is -2.32. The number of ether oxygens (including phenoxy) is 1. The van der Waals surface area contributed by atoms with Crippen molar-refractivity contribution in [3.63, 3.8) is 0 Å². The van der Waals surface area contributed by atoms with Crippen molar-refractivity contribution >= 4 is 5.91 Å². The van der Waals surface area contributed by atoms with Gasteiger partial charge >= 0.3 is 0 Å². The smallest absolute Gasteiger partial charge is 0.254 e. The van der Waals surface area contributed by atoms with Gasteiger partial charge in [-0.3, -0.25) is 4.79 Å². The summed E-state index contributed by atoms with van der Waals surface area (Å²) < 4.78 is 5.89. The predicted octanol–water partition coefficient (Wildman–Crippen LogP) is 2.78. The molecule has 2 aromatic rings. The summed E-state index contributed by atoms with van der Waals surface area (Å²) in [5.41, 5.74) is 2.63. The van der Waals surface area contributed by atoms with E-state index in [0.29, 0.717) is 12.4 Å². The zero-order valence-electron chi connectivity index (χ0n) is 13.5.